The molecule has 2 aromatic rings. The minimum atomic E-state index is 0.585. The first-order valence-corrected chi connectivity index (χ1v) is 5.29. The Morgan fingerprint density at radius 1 is 1.31 bits per heavy atom. The van der Waals surface area contributed by atoms with Gasteiger partial charge < -0.3 is 9.88 Å². The van der Waals surface area contributed by atoms with E-state index in [1.54, 1.807) is 18.6 Å². The fraction of sp³-hybridized carbons (Fsp3) is 0.364. The molecule has 0 bridgehead atoms. The summed E-state index contributed by atoms with van der Waals surface area (Å²) in [6, 6.07) is 0. The first-order chi connectivity index (χ1) is 7.75. The number of nitrogens with zero attached hydrogens (tertiary/aromatic N) is 4. The zero-order valence-electron chi connectivity index (χ0n) is 9.46. The number of hydrogen-bond donors (Lipinski definition) is 1. The second-order valence-corrected chi connectivity index (χ2v) is 4.05. The van der Waals surface area contributed by atoms with Crippen LogP contribution in [-0.2, 0) is 6.54 Å². The lowest BCUT2D eigenvalue weighted by atomic mass is 10.2. The zero-order chi connectivity index (χ0) is 11.4. The van der Waals surface area contributed by atoms with E-state index in [2.05, 4.69) is 38.7 Å². The summed E-state index contributed by atoms with van der Waals surface area (Å²) in [5.41, 5.74) is 0.846. The van der Waals surface area contributed by atoms with Crippen molar-refractivity contribution < 1.29 is 0 Å². The predicted molar refractivity (Wildman–Crippen MR) is 62.4 cm³/mol. The molecule has 0 radical (unpaired) electrons. The van der Waals surface area contributed by atoms with E-state index in [1.165, 1.54) is 6.33 Å². The monoisotopic (exact) mass is 217 g/mol. The fourth-order valence-electron chi connectivity index (χ4n) is 1.47. The molecule has 2 heterocycles. The van der Waals surface area contributed by atoms with Crippen LogP contribution in [0.15, 0.2) is 31.1 Å². The molecule has 16 heavy (non-hydrogen) atoms. The highest BCUT2D eigenvalue weighted by atomic mass is 15.2. The van der Waals surface area contributed by atoms with Crippen molar-refractivity contribution in [1.82, 2.24) is 19.5 Å². The lowest BCUT2D eigenvalue weighted by molar-refractivity contribution is 0.527. The van der Waals surface area contributed by atoms with E-state index in [-0.39, 0.29) is 0 Å². The van der Waals surface area contributed by atoms with Crippen molar-refractivity contribution in [2.45, 2.75) is 20.4 Å². The predicted octanol–water partition coefficient (Wildman–Crippen LogP) is 2.07. The zero-order valence-corrected chi connectivity index (χ0v) is 9.46. The van der Waals surface area contributed by atoms with Crippen LogP contribution in [0, 0.1) is 5.92 Å². The minimum Gasteiger partial charge on any atom is -0.323 e. The molecule has 0 aromatic carbocycles. The van der Waals surface area contributed by atoms with Gasteiger partial charge in [-0.3, -0.25) is 0 Å². The van der Waals surface area contributed by atoms with Gasteiger partial charge in [0.2, 0.25) is 5.95 Å². The number of imidazole rings is 1. The highest BCUT2D eigenvalue weighted by Gasteiger charge is 2.04. The second-order valence-electron chi connectivity index (χ2n) is 4.05. The Hall–Kier alpha value is -1.91. The van der Waals surface area contributed by atoms with E-state index >= 15 is 0 Å². The van der Waals surface area contributed by atoms with Crippen LogP contribution in [0.25, 0.3) is 0 Å². The highest BCUT2D eigenvalue weighted by Crippen LogP contribution is 2.13. The normalized spacial score (nSPS) is 10.7. The topological polar surface area (TPSA) is 55.6 Å². The highest BCUT2D eigenvalue weighted by molar-refractivity contribution is 5.50. The van der Waals surface area contributed by atoms with Crippen LogP contribution >= 0.6 is 0 Å². The Kier molecular flexibility index (Phi) is 3.14. The van der Waals surface area contributed by atoms with Crippen molar-refractivity contribution in [1.29, 1.82) is 0 Å². The number of anilines is 2. The Labute approximate surface area is 94.6 Å². The first-order valence-electron chi connectivity index (χ1n) is 5.29. The molecular formula is C11H15N5. The number of rotatable bonds is 4. The van der Waals surface area contributed by atoms with Crippen LogP contribution in [-0.4, -0.2) is 19.5 Å². The molecular weight excluding hydrogens is 202 g/mol. The summed E-state index contributed by atoms with van der Waals surface area (Å²) in [7, 11) is 0. The summed E-state index contributed by atoms with van der Waals surface area (Å²) in [6.45, 7) is 5.29. The van der Waals surface area contributed by atoms with E-state index in [0.717, 1.165) is 18.2 Å². The van der Waals surface area contributed by atoms with Crippen molar-refractivity contribution in [2.75, 3.05) is 5.32 Å². The standard InChI is InChI=1S/C11H15N5/c1-9(2)7-16-4-3-14-11(16)15-10-5-12-8-13-6-10/h3-6,8-9H,7H2,1-2H3,(H,14,15). The molecule has 0 unspecified atom stereocenters. The van der Waals surface area contributed by atoms with Crippen molar-refractivity contribution in [2.24, 2.45) is 5.92 Å². The molecule has 5 nitrogen and oxygen atoms in total. The molecule has 0 fully saturated rings. The van der Waals surface area contributed by atoms with Gasteiger partial charge in [0.15, 0.2) is 0 Å². The minimum absolute atomic E-state index is 0.585. The summed E-state index contributed by atoms with van der Waals surface area (Å²) in [6.07, 6.45) is 8.70. The number of aromatic nitrogens is 4. The van der Waals surface area contributed by atoms with Gasteiger partial charge in [-0.2, -0.15) is 0 Å². The van der Waals surface area contributed by atoms with E-state index in [1.807, 2.05) is 6.20 Å². The van der Waals surface area contributed by atoms with E-state index in [0.29, 0.717) is 5.92 Å². The Balaban J connectivity index is 2.13. The third kappa shape index (κ3) is 2.56. The summed E-state index contributed by atoms with van der Waals surface area (Å²) in [5, 5.41) is 3.18. The average molecular weight is 217 g/mol. The molecule has 0 spiro atoms. The van der Waals surface area contributed by atoms with Crippen LogP contribution in [0.3, 0.4) is 0 Å². The van der Waals surface area contributed by atoms with Crippen LogP contribution in [0.1, 0.15) is 13.8 Å². The maximum absolute atomic E-state index is 4.26. The van der Waals surface area contributed by atoms with Gasteiger partial charge in [-0.1, -0.05) is 13.8 Å². The Morgan fingerprint density at radius 3 is 2.75 bits per heavy atom. The molecule has 0 amide bonds. The molecule has 0 aliphatic rings. The van der Waals surface area contributed by atoms with Gasteiger partial charge >= 0.3 is 0 Å². The molecule has 1 N–H and O–H groups in total. The molecule has 5 heteroatoms. The van der Waals surface area contributed by atoms with Gasteiger partial charge in [0, 0.05) is 18.9 Å². The molecule has 2 rings (SSSR count). The van der Waals surface area contributed by atoms with Gasteiger partial charge in [0.1, 0.15) is 6.33 Å². The smallest absolute Gasteiger partial charge is 0.207 e. The quantitative estimate of drug-likeness (QED) is 0.851. The third-order valence-electron chi connectivity index (χ3n) is 2.09. The lowest BCUT2D eigenvalue weighted by Gasteiger charge is -2.11. The van der Waals surface area contributed by atoms with Gasteiger partial charge in [-0.05, 0) is 5.92 Å². The summed E-state index contributed by atoms with van der Waals surface area (Å²) < 4.78 is 2.08. The molecule has 84 valence electrons. The van der Waals surface area contributed by atoms with Crippen LogP contribution in [0.4, 0.5) is 11.6 Å². The van der Waals surface area contributed by atoms with Crippen molar-refractivity contribution >= 4 is 11.6 Å². The van der Waals surface area contributed by atoms with E-state index in [4.69, 9.17) is 0 Å². The lowest BCUT2D eigenvalue weighted by Crippen LogP contribution is -2.07. The van der Waals surface area contributed by atoms with Crippen LogP contribution in [0.5, 0.6) is 0 Å². The summed E-state index contributed by atoms with van der Waals surface area (Å²) >= 11 is 0. The SMILES string of the molecule is CC(C)Cn1ccnc1Nc1cncnc1. The molecule has 0 aliphatic carbocycles. The number of hydrogen-bond acceptors (Lipinski definition) is 4. The van der Waals surface area contributed by atoms with E-state index < -0.39 is 0 Å². The van der Waals surface area contributed by atoms with Gasteiger partial charge in [0.25, 0.3) is 0 Å². The van der Waals surface area contributed by atoms with Gasteiger partial charge in [-0.25, -0.2) is 15.0 Å². The molecule has 0 atom stereocenters. The second kappa shape index (κ2) is 4.74. The average Bonchev–Trinajstić information content (AvgIpc) is 2.66. The Morgan fingerprint density at radius 2 is 2.06 bits per heavy atom. The maximum atomic E-state index is 4.26. The first kappa shape index (κ1) is 10.6. The maximum Gasteiger partial charge on any atom is 0.207 e. The fourth-order valence-corrected chi connectivity index (χ4v) is 1.47. The molecule has 2 aromatic heterocycles. The van der Waals surface area contributed by atoms with Crippen LogP contribution < -0.4 is 5.32 Å². The van der Waals surface area contributed by atoms with Gasteiger partial charge in [0.05, 0.1) is 18.1 Å². The van der Waals surface area contributed by atoms with Crippen molar-refractivity contribution in [3.8, 4) is 0 Å². The van der Waals surface area contributed by atoms with Crippen molar-refractivity contribution in [3.63, 3.8) is 0 Å². The Bertz CT molecular complexity index is 435. The van der Waals surface area contributed by atoms with Crippen LogP contribution in [0.2, 0.25) is 0 Å². The van der Waals surface area contributed by atoms with Gasteiger partial charge in [-0.15, -0.1) is 0 Å². The molecule has 0 aliphatic heterocycles. The largest absolute Gasteiger partial charge is 0.323 e. The van der Waals surface area contributed by atoms with E-state index in [9.17, 15) is 0 Å². The number of nitrogens with one attached hydrogen (secondary N) is 1. The molecule has 0 saturated carbocycles. The van der Waals surface area contributed by atoms with Crippen molar-refractivity contribution in [3.05, 3.63) is 31.1 Å². The summed E-state index contributed by atoms with van der Waals surface area (Å²) in [4.78, 5) is 12.2. The molecule has 0 saturated heterocycles. The summed E-state index contributed by atoms with van der Waals surface area (Å²) in [5.74, 6) is 1.41. The third-order valence-corrected chi connectivity index (χ3v) is 2.09.